The second-order valence-corrected chi connectivity index (χ2v) is 7.67. The third-order valence-corrected chi connectivity index (χ3v) is 5.11. The third-order valence-electron chi connectivity index (χ3n) is 5.11. The molecule has 1 unspecified atom stereocenters. The van der Waals surface area contributed by atoms with Gasteiger partial charge in [-0.25, -0.2) is 0 Å². The molecule has 1 aliphatic rings. The topological polar surface area (TPSA) is 68.5 Å². The highest BCUT2D eigenvalue weighted by atomic mass is 16.5. The second-order valence-electron chi connectivity index (χ2n) is 7.67. The fourth-order valence-corrected chi connectivity index (χ4v) is 3.59. The van der Waals surface area contributed by atoms with Crippen LogP contribution < -0.4 is 4.74 Å². The van der Waals surface area contributed by atoms with Gasteiger partial charge in [0.1, 0.15) is 11.8 Å². The average molecular weight is 403 g/mol. The van der Waals surface area contributed by atoms with Crippen molar-refractivity contribution in [2.75, 3.05) is 0 Å². The summed E-state index contributed by atoms with van der Waals surface area (Å²) in [6, 6.07) is 15.4. The second kappa shape index (κ2) is 8.53. The summed E-state index contributed by atoms with van der Waals surface area (Å²) >= 11 is 0. The molecule has 30 heavy (non-hydrogen) atoms. The van der Waals surface area contributed by atoms with Gasteiger partial charge in [0.05, 0.1) is 6.10 Å². The number of hydrogen-bond acceptors (Lipinski definition) is 5. The third kappa shape index (κ3) is 4.27. The Kier molecular flexibility index (Phi) is 5.65. The fourth-order valence-electron chi connectivity index (χ4n) is 3.59. The van der Waals surface area contributed by atoms with E-state index in [9.17, 15) is 4.79 Å². The Morgan fingerprint density at radius 2 is 1.93 bits per heavy atom. The van der Waals surface area contributed by atoms with Crippen LogP contribution in [-0.4, -0.2) is 27.1 Å². The molecule has 154 valence electrons. The molecule has 6 heteroatoms. The quantitative estimate of drug-likeness (QED) is 0.553. The molecule has 0 spiro atoms. The van der Waals surface area contributed by atoms with Gasteiger partial charge >= 0.3 is 0 Å². The Morgan fingerprint density at radius 1 is 1.20 bits per heavy atom. The van der Waals surface area contributed by atoms with E-state index in [1.165, 1.54) is 0 Å². The van der Waals surface area contributed by atoms with Crippen molar-refractivity contribution in [2.24, 2.45) is 0 Å². The van der Waals surface area contributed by atoms with Gasteiger partial charge in [-0.3, -0.25) is 4.79 Å². The number of hydrogen-bond donors (Lipinski definition) is 0. The van der Waals surface area contributed by atoms with Gasteiger partial charge in [0.15, 0.2) is 0 Å². The molecule has 2 heterocycles. The van der Waals surface area contributed by atoms with Crippen LogP contribution in [0, 0.1) is 0 Å². The lowest BCUT2D eigenvalue weighted by Crippen LogP contribution is -2.27. The van der Waals surface area contributed by atoms with E-state index in [-0.39, 0.29) is 18.1 Å². The van der Waals surface area contributed by atoms with Crippen LogP contribution in [0.2, 0.25) is 0 Å². The van der Waals surface area contributed by atoms with E-state index < -0.39 is 0 Å². The zero-order chi connectivity index (χ0) is 21.1. The Balaban J connectivity index is 1.50. The zero-order valence-electron chi connectivity index (χ0n) is 17.2. The number of nitrogens with zero attached hydrogens (tertiary/aromatic N) is 3. The number of amides is 1. The minimum atomic E-state index is -0.207. The molecule has 1 aliphatic heterocycles. The van der Waals surface area contributed by atoms with E-state index in [1.807, 2.05) is 67.3 Å². The number of carbonyl (C=O) groups is 1. The summed E-state index contributed by atoms with van der Waals surface area (Å²) in [6.45, 7) is 8.26. The zero-order valence-corrected chi connectivity index (χ0v) is 17.2. The maximum absolute atomic E-state index is 12.5. The first kappa shape index (κ1) is 19.9. The van der Waals surface area contributed by atoms with Gasteiger partial charge in [-0.05, 0) is 55.7 Å². The minimum Gasteiger partial charge on any atom is -0.491 e. The predicted octanol–water partition coefficient (Wildman–Crippen LogP) is 5.03. The Labute approximate surface area is 176 Å². The van der Waals surface area contributed by atoms with Gasteiger partial charge in [0.25, 0.3) is 0 Å². The van der Waals surface area contributed by atoms with Crippen molar-refractivity contribution in [3.8, 4) is 17.1 Å². The summed E-state index contributed by atoms with van der Waals surface area (Å²) in [5.41, 5.74) is 2.95. The van der Waals surface area contributed by atoms with Crippen LogP contribution in [0.5, 0.6) is 5.75 Å². The highest BCUT2D eigenvalue weighted by molar-refractivity contribution is 5.79. The van der Waals surface area contributed by atoms with E-state index in [0.29, 0.717) is 31.1 Å². The molecule has 2 aromatic carbocycles. The van der Waals surface area contributed by atoms with Crippen LogP contribution in [0.3, 0.4) is 0 Å². The van der Waals surface area contributed by atoms with Gasteiger partial charge < -0.3 is 14.2 Å². The molecule has 0 bridgehead atoms. The molecular formula is C24H25N3O3. The largest absolute Gasteiger partial charge is 0.491 e. The Hall–Kier alpha value is -3.41. The molecular weight excluding hydrogens is 378 g/mol. The van der Waals surface area contributed by atoms with E-state index in [2.05, 4.69) is 16.7 Å². The number of benzene rings is 2. The van der Waals surface area contributed by atoms with Gasteiger partial charge in [0.2, 0.25) is 17.6 Å². The number of aromatic nitrogens is 2. The lowest BCUT2D eigenvalue weighted by Gasteiger charge is -2.22. The van der Waals surface area contributed by atoms with E-state index >= 15 is 0 Å². The summed E-state index contributed by atoms with van der Waals surface area (Å²) in [4.78, 5) is 18.9. The average Bonchev–Trinajstić information content (AvgIpc) is 3.36. The maximum atomic E-state index is 12.5. The van der Waals surface area contributed by atoms with E-state index in [0.717, 1.165) is 22.4 Å². The lowest BCUT2D eigenvalue weighted by molar-refractivity contribution is -0.129. The van der Waals surface area contributed by atoms with Crippen molar-refractivity contribution in [3.63, 3.8) is 0 Å². The molecule has 1 fully saturated rings. The minimum absolute atomic E-state index is 0.0998. The Morgan fingerprint density at radius 3 is 2.60 bits per heavy atom. The molecule has 4 rings (SSSR count). The van der Waals surface area contributed by atoms with Gasteiger partial charge in [-0.15, -0.1) is 0 Å². The summed E-state index contributed by atoms with van der Waals surface area (Å²) < 4.78 is 11.2. The molecule has 1 saturated heterocycles. The summed E-state index contributed by atoms with van der Waals surface area (Å²) in [7, 11) is 0. The Bertz CT molecular complexity index is 1020. The molecule has 1 aromatic heterocycles. The van der Waals surface area contributed by atoms with Crippen molar-refractivity contribution >= 4 is 12.0 Å². The molecule has 0 saturated carbocycles. The first-order valence-electron chi connectivity index (χ1n) is 10.1. The van der Waals surface area contributed by atoms with Crippen molar-refractivity contribution in [2.45, 2.75) is 45.4 Å². The van der Waals surface area contributed by atoms with Gasteiger partial charge in [-0.1, -0.05) is 42.1 Å². The van der Waals surface area contributed by atoms with E-state index in [4.69, 9.17) is 9.26 Å². The van der Waals surface area contributed by atoms with Gasteiger partial charge in [0, 0.05) is 18.5 Å². The molecule has 3 aromatic rings. The first-order chi connectivity index (χ1) is 14.5. The van der Waals surface area contributed by atoms with Crippen LogP contribution in [0.4, 0.5) is 0 Å². The van der Waals surface area contributed by atoms with E-state index in [1.54, 1.807) is 6.08 Å². The molecule has 1 amide bonds. The fraction of sp³-hybridized carbons (Fsp3) is 0.292. The van der Waals surface area contributed by atoms with Crippen molar-refractivity contribution < 1.29 is 14.1 Å². The SMILES string of the molecule is C=Cc1ccc(CN2C(=O)CCC2c2nc(-c3ccc(OC(C)C)cc3)no2)cc1. The van der Waals surface area contributed by atoms with Crippen LogP contribution in [0.25, 0.3) is 17.5 Å². The standard InChI is InChI=1S/C24H25N3O3/c1-4-17-5-7-18(8-6-17)15-27-21(13-14-22(27)28)24-25-23(26-30-24)19-9-11-20(12-10-19)29-16(2)3/h4-12,16,21H,1,13-15H2,2-3H3. The number of carbonyl (C=O) groups excluding carboxylic acids is 1. The number of rotatable bonds is 7. The molecule has 0 N–H and O–H groups in total. The monoisotopic (exact) mass is 403 g/mol. The molecule has 0 aliphatic carbocycles. The molecule has 0 radical (unpaired) electrons. The maximum Gasteiger partial charge on any atom is 0.249 e. The highest BCUT2D eigenvalue weighted by Crippen LogP contribution is 2.34. The summed E-state index contributed by atoms with van der Waals surface area (Å²) in [5.74, 6) is 1.88. The molecule has 6 nitrogen and oxygen atoms in total. The lowest BCUT2D eigenvalue weighted by atomic mass is 10.1. The first-order valence-corrected chi connectivity index (χ1v) is 10.1. The highest BCUT2D eigenvalue weighted by Gasteiger charge is 2.36. The summed E-state index contributed by atoms with van der Waals surface area (Å²) in [5, 5.41) is 4.13. The summed E-state index contributed by atoms with van der Waals surface area (Å²) in [6.07, 6.45) is 3.07. The van der Waals surface area contributed by atoms with Crippen LogP contribution in [0.1, 0.15) is 49.7 Å². The number of ether oxygens (including phenoxy) is 1. The van der Waals surface area contributed by atoms with Crippen molar-refractivity contribution in [1.29, 1.82) is 0 Å². The van der Waals surface area contributed by atoms with Crippen LogP contribution in [-0.2, 0) is 11.3 Å². The number of likely N-dealkylation sites (tertiary alicyclic amines) is 1. The normalized spacial score (nSPS) is 16.3. The smallest absolute Gasteiger partial charge is 0.249 e. The van der Waals surface area contributed by atoms with Crippen LogP contribution >= 0.6 is 0 Å². The molecule has 1 atom stereocenters. The van der Waals surface area contributed by atoms with Crippen molar-refractivity contribution in [3.05, 3.63) is 72.1 Å². The predicted molar refractivity (Wildman–Crippen MR) is 115 cm³/mol. The van der Waals surface area contributed by atoms with Crippen molar-refractivity contribution in [1.82, 2.24) is 15.0 Å². The van der Waals surface area contributed by atoms with Gasteiger partial charge in [-0.2, -0.15) is 4.98 Å². The van der Waals surface area contributed by atoms with Crippen LogP contribution in [0.15, 0.2) is 59.6 Å².